The highest BCUT2D eigenvalue weighted by molar-refractivity contribution is 6.02. The van der Waals surface area contributed by atoms with Gasteiger partial charge < -0.3 is 10.1 Å². The maximum atomic E-state index is 7.87. The molecular formula is C16H15NO. The Balaban J connectivity index is 1.74. The topological polar surface area (TPSA) is 33.1 Å². The van der Waals surface area contributed by atoms with Crippen LogP contribution in [0.3, 0.4) is 0 Å². The van der Waals surface area contributed by atoms with Crippen LogP contribution in [0.1, 0.15) is 23.1 Å². The Labute approximate surface area is 107 Å². The van der Waals surface area contributed by atoms with Crippen LogP contribution in [-0.2, 0) is 13.0 Å². The summed E-state index contributed by atoms with van der Waals surface area (Å²) in [5.41, 5.74) is 4.22. The molecule has 18 heavy (non-hydrogen) atoms. The zero-order chi connectivity index (χ0) is 12.4. The Morgan fingerprint density at radius 1 is 1.00 bits per heavy atom. The minimum Gasteiger partial charge on any atom is -0.489 e. The zero-order valence-electron chi connectivity index (χ0n) is 10.1. The minimum absolute atomic E-state index is 0.576. The minimum atomic E-state index is 0.576. The van der Waals surface area contributed by atoms with Crippen molar-refractivity contribution >= 4 is 5.71 Å². The fraction of sp³-hybridized carbons (Fsp3) is 0.188. The van der Waals surface area contributed by atoms with Gasteiger partial charge in [0.1, 0.15) is 12.4 Å². The van der Waals surface area contributed by atoms with Crippen LogP contribution in [0, 0.1) is 5.41 Å². The van der Waals surface area contributed by atoms with E-state index in [2.05, 4.69) is 18.2 Å². The van der Waals surface area contributed by atoms with E-state index in [1.165, 1.54) is 5.56 Å². The molecule has 0 bridgehead atoms. The van der Waals surface area contributed by atoms with E-state index < -0.39 is 0 Å². The highest BCUT2D eigenvalue weighted by Crippen LogP contribution is 2.26. The third kappa shape index (κ3) is 2.14. The third-order valence-electron chi connectivity index (χ3n) is 3.30. The number of ether oxygens (including phenoxy) is 1. The van der Waals surface area contributed by atoms with E-state index in [0.717, 1.165) is 35.4 Å². The Bertz CT molecular complexity index is 575. The van der Waals surface area contributed by atoms with Gasteiger partial charge in [-0.15, -0.1) is 0 Å². The van der Waals surface area contributed by atoms with E-state index in [9.17, 15) is 0 Å². The summed E-state index contributed by atoms with van der Waals surface area (Å²) in [7, 11) is 0. The first-order valence-corrected chi connectivity index (χ1v) is 6.20. The fourth-order valence-electron chi connectivity index (χ4n) is 2.28. The SMILES string of the molecule is N=C1CCc2ccc(OCc3ccccc3)cc21. The number of benzene rings is 2. The van der Waals surface area contributed by atoms with Crippen molar-refractivity contribution in [3.63, 3.8) is 0 Å². The van der Waals surface area contributed by atoms with E-state index in [-0.39, 0.29) is 0 Å². The largest absolute Gasteiger partial charge is 0.489 e. The fourth-order valence-corrected chi connectivity index (χ4v) is 2.28. The number of aryl methyl sites for hydroxylation is 1. The lowest BCUT2D eigenvalue weighted by molar-refractivity contribution is 0.306. The molecule has 0 amide bonds. The maximum absolute atomic E-state index is 7.87. The molecular weight excluding hydrogens is 222 g/mol. The van der Waals surface area contributed by atoms with E-state index in [1.807, 2.05) is 30.3 Å². The van der Waals surface area contributed by atoms with Gasteiger partial charge in [-0.3, -0.25) is 0 Å². The summed E-state index contributed by atoms with van der Waals surface area (Å²) < 4.78 is 5.77. The second-order valence-electron chi connectivity index (χ2n) is 4.57. The number of hydrogen-bond acceptors (Lipinski definition) is 2. The van der Waals surface area contributed by atoms with E-state index in [1.54, 1.807) is 0 Å². The van der Waals surface area contributed by atoms with Crippen molar-refractivity contribution in [1.29, 1.82) is 5.41 Å². The van der Waals surface area contributed by atoms with Crippen molar-refractivity contribution in [2.45, 2.75) is 19.4 Å². The smallest absolute Gasteiger partial charge is 0.120 e. The highest BCUT2D eigenvalue weighted by atomic mass is 16.5. The molecule has 0 saturated carbocycles. The molecule has 0 fully saturated rings. The van der Waals surface area contributed by atoms with Gasteiger partial charge in [-0.1, -0.05) is 36.4 Å². The molecule has 0 heterocycles. The molecule has 0 radical (unpaired) electrons. The normalized spacial score (nSPS) is 13.4. The Morgan fingerprint density at radius 2 is 1.83 bits per heavy atom. The van der Waals surface area contributed by atoms with Gasteiger partial charge in [0.2, 0.25) is 0 Å². The first kappa shape index (κ1) is 11.0. The maximum Gasteiger partial charge on any atom is 0.120 e. The number of rotatable bonds is 3. The summed E-state index contributed by atoms with van der Waals surface area (Å²) in [5, 5.41) is 7.87. The first-order chi connectivity index (χ1) is 8.83. The van der Waals surface area contributed by atoms with Crippen molar-refractivity contribution in [3.8, 4) is 5.75 Å². The lowest BCUT2D eigenvalue weighted by Gasteiger charge is -2.08. The molecule has 2 heteroatoms. The van der Waals surface area contributed by atoms with Crippen LogP contribution in [0.2, 0.25) is 0 Å². The van der Waals surface area contributed by atoms with Gasteiger partial charge in [0, 0.05) is 11.3 Å². The molecule has 0 saturated heterocycles. The summed E-state index contributed by atoms with van der Waals surface area (Å²) in [6, 6.07) is 16.2. The predicted octanol–water partition coefficient (Wildman–Crippen LogP) is 3.58. The van der Waals surface area contributed by atoms with Crippen LogP contribution in [-0.4, -0.2) is 5.71 Å². The number of hydrogen-bond donors (Lipinski definition) is 1. The van der Waals surface area contributed by atoms with Crippen molar-refractivity contribution in [1.82, 2.24) is 0 Å². The average Bonchev–Trinajstić information content (AvgIpc) is 2.79. The molecule has 0 atom stereocenters. The van der Waals surface area contributed by atoms with Gasteiger partial charge in [0.25, 0.3) is 0 Å². The van der Waals surface area contributed by atoms with E-state index in [4.69, 9.17) is 10.1 Å². The van der Waals surface area contributed by atoms with Gasteiger partial charge in [-0.2, -0.15) is 0 Å². The molecule has 2 nitrogen and oxygen atoms in total. The van der Waals surface area contributed by atoms with E-state index >= 15 is 0 Å². The lowest BCUT2D eigenvalue weighted by atomic mass is 10.1. The quantitative estimate of drug-likeness (QED) is 0.869. The van der Waals surface area contributed by atoms with Crippen molar-refractivity contribution < 1.29 is 4.74 Å². The summed E-state index contributed by atoms with van der Waals surface area (Å²) in [4.78, 5) is 0. The predicted molar refractivity (Wildman–Crippen MR) is 72.4 cm³/mol. The second kappa shape index (κ2) is 4.65. The van der Waals surface area contributed by atoms with Crippen LogP contribution in [0.15, 0.2) is 48.5 Å². The molecule has 2 aromatic carbocycles. The molecule has 0 aromatic heterocycles. The van der Waals surface area contributed by atoms with Gasteiger partial charge in [-0.25, -0.2) is 0 Å². The molecule has 1 aliphatic carbocycles. The Morgan fingerprint density at radius 3 is 2.67 bits per heavy atom. The molecule has 2 aromatic rings. The van der Waals surface area contributed by atoms with Gasteiger partial charge in [-0.05, 0) is 36.1 Å². The van der Waals surface area contributed by atoms with Crippen molar-refractivity contribution in [3.05, 3.63) is 65.2 Å². The van der Waals surface area contributed by atoms with Crippen LogP contribution >= 0.6 is 0 Å². The van der Waals surface area contributed by atoms with Crippen LogP contribution < -0.4 is 4.74 Å². The van der Waals surface area contributed by atoms with Crippen molar-refractivity contribution in [2.75, 3.05) is 0 Å². The van der Waals surface area contributed by atoms with E-state index in [0.29, 0.717) is 6.61 Å². The third-order valence-corrected chi connectivity index (χ3v) is 3.30. The van der Waals surface area contributed by atoms with Gasteiger partial charge in [0.15, 0.2) is 0 Å². The van der Waals surface area contributed by atoms with Crippen LogP contribution in [0.25, 0.3) is 0 Å². The molecule has 3 rings (SSSR count). The second-order valence-corrected chi connectivity index (χ2v) is 4.57. The lowest BCUT2D eigenvalue weighted by Crippen LogP contribution is -1.97. The van der Waals surface area contributed by atoms with Crippen molar-refractivity contribution in [2.24, 2.45) is 0 Å². The average molecular weight is 237 g/mol. The summed E-state index contributed by atoms with van der Waals surface area (Å²) in [6.45, 7) is 0.576. The highest BCUT2D eigenvalue weighted by Gasteiger charge is 2.16. The summed E-state index contributed by atoms with van der Waals surface area (Å²) >= 11 is 0. The standard InChI is InChI=1S/C16H15NO/c17-16-9-7-13-6-8-14(10-15(13)16)18-11-12-4-2-1-3-5-12/h1-6,8,10,17H,7,9,11H2. The molecule has 0 aliphatic heterocycles. The molecule has 0 spiro atoms. The Hall–Kier alpha value is -2.09. The molecule has 1 aliphatic rings. The molecule has 0 unspecified atom stereocenters. The summed E-state index contributed by atoms with van der Waals surface area (Å²) in [6.07, 6.45) is 1.85. The monoisotopic (exact) mass is 237 g/mol. The first-order valence-electron chi connectivity index (χ1n) is 6.20. The van der Waals surface area contributed by atoms with Crippen LogP contribution in [0.4, 0.5) is 0 Å². The number of fused-ring (bicyclic) bond motifs is 1. The van der Waals surface area contributed by atoms with Crippen LogP contribution in [0.5, 0.6) is 5.75 Å². The van der Waals surface area contributed by atoms with Gasteiger partial charge in [0.05, 0.1) is 0 Å². The zero-order valence-corrected chi connectivity index (χ0v) is 10.1. The molecule has 1 N–H and O–H groups in total. The molecule has 90 valence electrons. The summed E-state index contributed by atoms with van der Waals surface area (Å²) in [5.74, 6) is 0.851. The Kier molecular flexibility index (Phi) is 2.85. The van der Waals surface area contributed by atoms with Gasteiger partial charge >= 0.3 is 0 Å². The number of nitrogens with one attached hydrogen (secondary N) is 1.